The van der Waals surface area contributed by atoms with Crippen LogP contribution in [0.4, 0.5) is 5.69 Å². The number of Topliss-reactive ketones (excluding diaryl/α,β-unsaturated/α-hetero) is 1. The highest BCUT2D eigenvalue weighted by Gasteiger charge is 2.21. The Bertz CT molecular complexity index is 830. The fourth-order valence-electron chi connectivity index (χ4n) is 3.08. The van der Waals surface area contributed by atoms with Crippen molar-refractivity contribution >= 4 is 23.1 Å². The van der Waals surface area contributed by atoms with E-state index < -0.39 is 5.41 Å². The summed E-state index contributed by atoms with van der Waals surface area (Å²) < 4.78 is 5.51. The van der Waals surface area contributed by atoms with E-state index in [0.717, 1.165) is 42.2 Å². The molecule has 30 heavy (non-hydrogen) atoms. The van der Waals surface area contributed by atoms with Gasteiger partial charge in [-0.05, 0) is 48.7 Å². The molecule has 0 radical (unpaired) electrons. The number of carbonyl (C=O) groups excluding carboxylic acids is 1. The van der Waals surface area contributed by atoms with E-state index in [1.807, 2.05) is 46.8 Å². The molecule has 0 fully saturated rings. The van der Waals surface area contributed by atoms with Gasteiger partial charge >= 0.3 is 0 Å². The first kappa shape index (κ1) is 24.2. The molecule has 6 heteroatoms. The molecule has 1 aliphatic heterocycles. The Kier molecular flexibility index (Phi) is 9.12. The van der Waals surface area contributed by atoms with Gasteiger partial charge in [0.2, 0.25) is 5.88 Å². The molecule has 0 amide bonds. The molecule has 5 nitrogen and oxygen atoms in total. The molecule has 1 aromatic carbocycles. The minimum atomic E-state index is -0.410. The van der Waals surface area contributed by atoms with E-state index in [1.165, 1.54) is 11.1 Å². The van der Waals surface area contributed by atoms with Crippen molar-refractivity contribution in [2.45, 2.75) is 54.0 Å². The SMILES string of the molecule is CC.CC(C)(C)C(=O)COc1ccc(CNc2c(Cl)ccc3c2CCNCC3)cn1. The number of benzene rings is 1. The van der Waals surface area contributed by atoms with Crippen molar-refractivity contribution in [3.8, 4) is 5.88 Å². The molecule has 0 unspecified atom stereocenters. The molecule has 2 aromatic rings. The number of ketones is 1. The lowest BCUT2D eigenvalue weighted by molar-refractivity contribution is -0.128. The van der Waals surface area contributed by atoms with Crippen LogP contribution in [0.25, 0.3) is 0 Å². The van der Waals surface area contributed by atoms with E-state index in [4.69, 9.17) is 16.3 Å². The molecule has 0 bridgehead atoms. The van der Waals surface area contributed by atoms with Crippen molar-refractivity contribution in [2.75, 3.05) is 25.0 Å². The standard InChI is InChI=1S/C22H28ClN3O2.C2H6/c1-22(2,3)19(27)14-28-20-7-4-15(12-25-20)13-26-21-17-9-11-24-10-8-16(17)5-6-18(21)23;1-2/h4-7,12,24,26H,8-11,13-14H2,1-3H3;1-2H3. The number of hydrogen-bond acceptors (Lipinski definition) is 5. The summed E-state index contributed by atoms with van der Waals surface area (Å²) >= 11 is 6.46. The highest BCUT2D eigenvalue weighted by molar-refractivity contribution is 6.33. The van der Waals surface area contributed by atoms with Crippen LogP contribution in [0.3, 0.4) is 0 Å². The minimum absolute atomic E-state index is 0.0356. The zero-order valence-electron chi connectivity index (χ0n) is 18.8. The summed E-state index contributed by atoms with van der Waals surface area (Å²) in [5.74, 6) is 0.507. The number of rotatable bonds is 6. The number of aromatic nitrogens is 1. The number of hydrogen-bond donors (Lipinski definition) is 2. The Hall–Kier alpha value is -2.11. The van der Waals surface area contributed by atoms with Crippen molar-refractivity contribution in [1.29, 1.82) is 0 Å². The van der Waals surface area contributed by atoms with Gasteiger partial charge in [0.25, 0.3) is 0 Å². The van der Waals surface area contributed by atoms with Gasteiger partial charge in [-0.15, -0.1) is 0 Å². The van der Waals surface area contributed by atoms with Crippen LogP contribution in [-0.4, -0.2) is 30.5 Å². The Morgan fingerprint density at radius 3 is 2.57 bits per heavy atom. The van der Waals surface area contributed by atoms with E-state index in [0.29, 0.717) is 12.4 Å². The normalized spacial score (nSPS) is 13.4. The summed E-state index contributed by atoms with van der Waals surface area (Å²) in [6, 6.07) is 7.84. The number of carbonyl (C=O) groups is 1. The number of nitrogens with one attached hydrogen (secondary N) is 2. The van der Waals surface area contributed by atoms with Gasteiger partial charge < -0.3 is 15.4 Å². The molecule has 0 aliphatic carbocycles. The van der Waals surface area contributed by atoms with Crippen LogP contribution in [0.5, 0.6) is 5.88 Å². The predicted octanol–water partition coefficient (Wildman–Crippen LogP) is 5.06. The molecule has 3 rings (SSSR count). The maximum atomic E-state index is 12.0. The fraction of sp³-hybridized carbons (Fsp3) is 0.500. The first-order valence-corrected chi connectivity index (χ1v) is 11.1. The second-order valence-corrected chi connectivity index (χ2v) is 8.54. The van der Waals surface area contributed by atoms with Gasteiger partial charge in [-0.25, -0.2) is 4.98 Å². The Balaban J connectivity index is 0.00000155. The molecule has 0 saturated heterocycles. The van der Waals surface area contributed by atoms with Crippen LogP contribution in [0, 0.1) is 5.41 Å². The quantitative estimate of drug-likeness (QED) is 0.669. The van der Waals surface area contributed by atoms with Gasteiger partial charge in [0.15, 0.2) is 5.78 Å². The average Bonchev–Trinajstić information content (AvgIpc) is 2.98. The van der Waals surface area contributed by atoms with E-state index in [1.54, 1.807) is 12.3 Å². The topological polar surface area (TPSA) is 63.2 Å². The van der Waals surface area contributed by atoms with Gasteiger partial charge in [-0.3, -0.25) is 4.79 Å². The third kappa shape index (κ3) is 6.71. The predicted molar refractivity (Wildman–Crippen MR) is 125 cm³/mol. The zero-order chi connectivity index (χ0) is 22.1. The van der Waals surface area contributed by atoms with Gasteiger partial charge in [0.1, 0.15) is 6.61 Å². The Morgan fingerprint density at radius 1 is 1.17 bits per heavy atom. The largest absolute Gasteiger partial charge is 0.470 e. The summed E-state index contributed by atoms with van der Waals surface area (Å²) in [6.07, 6.45) is 3.74. The van der Waals surface area contributed by atoms with Gasteiger partial charge in [0.05, 0.1) is 10.7 Å². The Labute approximate surface area is 185 Å². The van der Waals surface area contributed by atoms with Gasteiger partial charge in [0, 0.05) is 24.2 Å². The lowest BCUT2D eigenvalue weighted by Gasteiger charge is -2.17. The van der Waals surface area contributed by atoms with E-state index >= 15 is 0 Å². The summed E-state index contributed by atoms with van der Waals surface area (Å²) in [5.41, 5.74) is 4.27. The van der Waals surface area contributed by atoms with Crippen molar-refractivity contribution in [3.63, 3.8) is 0 Å². The molecule has 1 aliphatic rings. The number of pyridine rings is 1. The van der Waals surface area contributed by atoms with Crippen molar-refractivity contribution < 1.29 is 9.53 Å². The molecular weight excluding hydrogens is 398 g/mol. The second kappa shape index (κ2) is 11.3. The van der Waals surface area contributed by atoms with E-state index in [9.17, 15) is 4.79 Å². The molecule has 0 spiro atoms. The molecule has 164 valence electrons. The summed E-state index contributed by atoms with van der Waals surface area (Å²) in [7, 11) is 0. The van der Waals surface area contributed by atoms with E-state index in [2.05, 4.69) is 21.7 Å². The number of nitrogens with zero attached hydrogens (tertiary/aromatic N) is 1. The average molecular weight is 432 g/mol. The number of ether oxygens (including phenoxy) is 1. The maximum Gasteiger partial charge on any atom is 0.213 e. The van der Waals surface area contributed by atoms with E-state index in [-0.39, 0.29) is 12.4 Å². The van der Waals surface area contributed by atoms with Gasteiger partial charge in [-0.1, -0.05) is 58.4 Å². The molecule has 0 atom stereocenters. The Morgan fingerprint density at radius 2 is 1.90 bits per heavy atom. The molecule has 2 heterocycles. The molecular formula is C24H34ClN3O2. The van der Waals surface area contributed by atoms with Crippen LogP contribution < -0.4 is 15.4 Å². The van der Waals surface area contributed by atoms with Gasteiger partial charge in [-0.2, -0.15) is 0 Å². The maximum absolute atomic E-state index is 12.0. The minimum Gasteiger partial charge on any atom is -0.470 e. The zero-order valence-corrected chi connectivity index (χ0v) is 19.5. The lowest BCUT2D eigenvalue weighted by Crippen LogP contribution is -2.26. The molecule has 2 N–H and O–H groups in total. The van der Waals surface area contributed by atoms with Crippen LogP contribution in [0.15, 0.2) is 30.5 Å². The third-order valence-corrected chi connectivity index (χ3v) is 5.25. The van der Waals surface area contributed by atoms with Crippen LogP contribution in [-0.2, 0) is 24.2 Å². The number of anilines is 1. The summed E-state index contributed by atoms with van der Waals surface area (Å²) in [6.45, 7) is 12.3. The first-order chi connectivity index (χ1) is 14.3. The summed E-state index contributed by atoms with van der Waals surface area (Å²) in [5, 5.41) is 7.66. The number of fused-ring (bicyclic) bond motifs is 1. The fourth-order valence-corrected chi connectivity index (χ4v) is 3.33. The van der Waals surface area contributed by atoms with Crippen LogP contribution >= 0.6 is 11.6 Å². The lowest BCUT2D eigenvalue weighted by atomic mass is 9.91. The third-order valence-electron chi connectivity index (χ3n) is 4.94. The highest BCUT2D eigenvalue weighted by Crippen LogP contribution is 2.31. The van der Waals surface area contributed by atoms with Crippen LogP contribution in [0.2, 0.25) is 5.02 Å². The smallest absolute Gasteiger partial charge is 0.213 e. The van der Waals surface area contributed by atoms with Crippen molar-refractivity contribution in [1.82, 2.24) is 10.3 Å². The van der Waals surface area contributed by atoms with Crippen LogP contribution in [0.1, 0.15) is 51.3 Å². The number of halogens is 1. The monoisotopic (exact) mass is 431 g/mol. The molecule has 0 saturated carbocycles. The summed E-state index contributed by atoms with van der Waals surface area (Å²) in [4.78, 5) is 16.3. The molecule has 1 aromatic heterocycles. The second-order valence-electron chi connectivity index (χ2n) is 8.13. The van der Waals surface area contributed by atoms with Crippen molar-refractivity contribution in [3.05, 3.63) is 52.2 Å². The highest BCUT2D eigenvalue weighted by atomic mass is 35.5. The first-order valence-electron chi connectivity index (χ1n) is 10.7. The van der Waals surface area contributed by atoms with Crippen molar-refractivity contribution in [2.24, 2.45) is 5.41 Å².